The fourth-order valence-electron chi connectivity index (χ4n) is 3.99. The van der Waals surface area contributed by atoms with Gasteiger partial charge >= 0.3 is 0 Å². The lowest BCUT2D eigenvalue weighted by Gasteiger charge is -2.43. The van der Waals surface area contributed by atoms with Crippen molar-refractivity contribution in [3.05, 3.63) is 45.4 Å². The average Bonchev–Trinajstić information content (AvgIpc) is 3.18. The first-order valence-corrected chi connectivity index (χ1v) is 9.55. The molecule has 0 radical (unpaired) electrons. The number of aryl methyl sites for hydroxylation is 1. The second-order valence-electron chi connectivity index (χ2n) is 7.03. The van der Waals surface area contributed by atoms with Gasteiger partial charge in [0, 0.05) is 49.0 Å². The number of carbonyl (C=O) groups excluding carboxylic acids is 1. The molecule has 0 amide bonds. The number of aromatic nitrogens is 1. The minimum absolute atomic E-state index is 0.0446. The van der Waals surface area contributed by atoms with Crippen molar-refractivity contribution < 1.29 is 9.53 Å². The van der Waals surface area contributed by atoms with Gasteiger partial charge in [-0.3, -0.25) is 9.69 Å². The lowest BCUT2D eigenvalue weighted by atomic mass is 9.85. The molecule has 1 spiro atoms. The normalized spacial score (nSPS) is 20.2. The summed E-state index contributed by atoms with van der Waals surface area (Å²) in [5.41, 5.74) is 3.46. The summed E-state index contributed by atoms with van der Waals surface area (Å²) in [6.07, 6.45) is 5.11. The average molecular weight is 344 g/mol. The van der Waals surface area contributed by atoms with Crippen molar-refractivity contribution in [2.24, 2.45) is 7.05 Å². The van der Waals surface area contributed by atoms with E-state index in [1.165, 1.54) is 16.1 Å². The summed E-state index contributed by atoms with van der Waals surface area (Å²) in [5.74, 6) is 0.135. The minimum Gasteiger partial charge on any atom is -0.369 e. The largest absolute Gasteiger partial charge is 0.369 e. The highest BCUT2D eigenvalue weighted by molar-refractivity contribution is 7.10. The molecule has 0 unspecified atom stereocenters. The first kappa shape index (κ1) is 16.1. The van der Waals surface area contributed by atoms with Crippen LogP contribution in [0.1, 0.15) is 46.3 Å². The van der Waals surface area contributed by atoms with Crippen LogP contribution in [0, 0.1) is 0 Å². The molecule has 128 valence electrons. The SMILES string of the molecule is CC(=O)c1cc(CN2CCC3(CC2)OCCc2ccsc23)n(C)c1. The van der Waals surface area contributed by atoms with Gasteiger partial charge in [0.25, 0.3) is 0 Å². The maximum absolute atomic E-state index is 11.6. The van der Waals surface area contributed by atoms with E-state index in [9.17, 15) is 4.79 Å². The molecule has 4 heterocycles. The van der Waals surface area contributed by atoms with Crippen molar-refractivity contribution in [1.29, 1.82) is 0 Å². The van der Waals surface area contributed by atoms with Gasteiger partial charge in [0.1, 0.15) is 5.60 Å². The van der Waals surface area contributed by atoms with Gasteiger partial charge < -0.3 is 9.30 Å². The standard InChI is InChI=1S/C19H24N2O2S/c1-14(22)16-11-17(20(2)12-16)13-21-7-5-19(6-8-21)18-15(3-9-23-19)4-10-24-18/h4,10-12H,3,5-9,13H2,1-2H3. The Balaban J connectivity index is 1.45. The van der Waals surface area contributed by atoms with Gasteiger partial charge in [-0.05, 0) is 49.3 Å². The smallest absolute Gasteiger partial charge is 0.161 e. The number of ketones is 1. The lowest BCUT2D eigenvalue weighted by molar-refractivity contribution is -0.0962. The van der Waals surface area contributed by atoms with E-state index in [0.717, 1.165) is 51.1 Å². The summed E-state index contributed by atoms with van der Waals surface area (Å²) >= 11 is 1.86. The molecule has 5 heteroatoms. The fourth-order valence-corrected chi connectivity index (χ4v) is 5.15. The maximum atomic E-state index is 11.6. The zero-order chi connectivity index (χ0) is 16.7. The molecule has 4 rings (SSSR count). The second kappa shape index (κ2) is 6.14. The molecule has 0 aromatic carbocycles. The third kappa shape index (κ3) is 2.75. The van der Waals surface area contributed by atoms with Crippen LogP contribution in [-0.2, 0) is 30.4 Å². The molecule has 0 N–H and O–H groups in total. The molecule has 2 aliphatic rings. The summed E-state index contributed by atoms with van der Waals surface area (Å²) in [4.78, 5) is 15.5. The van der Waals surface area contributed by atoms with E-state index in [1.54, 1.807) is 6.92 Å². The number of hydrogen-bond donors (Lipinski definition) is 0. The number of ether oxygens (including phenoxy) is 1. The predicted octanol–water partition coefficient (Wildman–Crippen LogP) is 3.35. The Kier molecular flexibility index (Phi) is 4.11. The molecular weight excluding hydrogens is 320 g/mol. The number of thiophene rings is 1. The van der Waals surface area contributed by atoms with Crippen molar-refractivity contribution in [3.8, 4) is 0 Å². The van der Waals surface area contributed by atoms with Gasteiger partial charge in [-0.2, -0.15) is 0 Å². The van der Waals surface area contributed by atoms with Gasteiger partial charge in [0.05, 0.1) is 6.61 Å². The lowest BCUT2D eigenvalue weighted by Crippen LogP contribution is -2.45. The van der Waals surface area contributed by atoms with Crippen molar-refractivity contribution in [1.82, 2.24) is 9.47 Å². The highest BCUT2D eigenvalue weighted by atomic mass is 32.1. The summed E-state index contributed by atoms with van der Waals surface area (Å²) in [6.45, 7) is 5.46. The first-order chi connectivity index (χ1) is 11.6. The molecule has 1 fully saturated rings. The Labute approximate surface area is 147 Å². The Morgan fingerprint density at radius 3 is 2.88 bits per heavy atom. The Hall–Kier alpha value is -1.43. The topological polar surface area (TPSA) is 34.5 Å². The van der Waals surface area contributed by atoms with Crippen molar-refractivity contribution in [2.75, 3.05) is 19.7 Å². The second-order valence-corrected chi connectivity index (χ2v) is 7.95. The van der Waals surface area contributed by atoms with Crippen LogP contribution in [0.4, 0.5) is 0 Å². The van der Waals surface area contributed by atoms with Crippen LogP contribution in [-0.4, -0.2) is 34.9 Å². The third-order valence-corrected chi connectivity index (χ3v) is 6.62. The first-order valence-electron chi connectivity index (χ1n) is 8.67. The van der Waals surface area contributed by atoms with Gasteiger partial charge in [-0.25, -0.2) is 0 Å². The van der Waals surface area contributed by atoms with Crippen LogP contribution in [0.15, 0.2) is 23.7 Å². The highest BCUT2D eigenvalue weighted by Crippen LogP contribution is 2.44. The van der Waals surface area contributed by atoms with Crippen LogP contribution < -0.4 is 0 Å². The number of nitrogens with zero attached hydrogens (tertiary/aromatic N) is 2. The van der Waals surface area contributed by atoms with E-state index in [4.69, 9.17) is 4.74 Å². The van der Waals surface area contributed by atoms with Crippen LogP contribution >= 0.6 is 11.3 Å². The molecule has 2 aromatic heterocycles. The summed E-state index contributed by atoms with van der Waals surface area (Å²) in [6, 6.07) is 4.30. The maximum Gasteiger partial charge on any atom is 0.161 e. The summed E-state index contributed by atoms with van der Waals surface area (Å²) in [5, 5.41) is 2.21. The molecule has 0 atom stereocenters. The Morgan fingerprint density at radius 2 is 2.17 bits per heavy atom. The van der Waals surface area contributed by atoms with E-state index in [0.29, 0.717) is 0 Å². The van der Waals surface area contributed by atoms with Crippen LogP contribution in [0.2, 0.25) is 0 Å². The van der Waals surface area contributed by atoms with Crippen LogP contribution in [0.5, 0.6) is 0 Å². The fraction of sp³-hybridized carbons (Fsp3) is 0.526. The molecule has 1 saturated heterocycles. The molecule has 2 aliphatic heterocycles. The van der Waals surface area contributed by atoms with Crippen LogP contribution in [0.25, 0.3) is 0 Å². The van der Waals surface area contributed by atoms with Crippen LogP contribution in [0.3, 0.4) is 0 Å². The number of hydrogen-bond acceptors (Lipinski definition) is 4. The number of carbonyl (C=O) groups is 1. The van der Waals surface area contributed by atoms with Gasteiger partial charge in [-0.15, -0.1) is 11.3 Å². The molecule has 4 nitrogen and oxygen atoms in total. The molecule has 24 heavy (non-hydrogen) atoms. The minimum atomic E-state index is -0.0446. The van der Waals surface area contributed by atoms with E-state index in [2.05, 4.69) is 20.9 Å². The molecule has 2 aromatic rings. The number of Topliss-reactive ketones (excluding diaryl/α,β-unsaturated/α-hetero) is 1. The molecular formula is C19H24N2O2S. The van der Waals surface area contributed by atoms with Crippen molar-refractivity contribution in [3.63, 3.8) is 0 Å². The number of fused-ring (bicyclic) bond motifs is 2. The number of piperidine rings is 1. The van der Waals surface area contributed by atoms with E-state index in [1.807, 2.05) is 30.6 Å². The van der Waals surface area contributed by atoms with Gasteiger partial charge in [0.15, 0.2) is 5.78 Å². The zero-order valence-corrected chi connectivity index (χ0v) is 15.2. The predicted molar refractivity (Wildman–Crippen MR) is 95.6 cm³/mol. The molecule has 0 aliphatic carbocycles. The third-order valence-electron chi connectivity index (χ3n) is 5.47. The van der Waals surface area contributed by atoms with Crippen molar-refractivity contribution in [2.45, 2.75) is 38.3 Å². The number of rotatable bonds is 3. The zero-order valence-electron chi connectivity index (χ0n) is 14.4. The van der Waals surface area contributed by atoms with E-state index >= 15 is 0 Å². The quantitative estimate of drug-likeness (QED) is 0.801. The Morgan fingerprint density at radius 1 is 1.38 bits per heavy atom. The van der Waals surface area contributed by atoms with E-state index in [-0.39, 0.29) is 11.4 Å². The number of likely N-dealkylation sites (tertiary alicyclic amines) is 1. The molecule has 0 bridgehead atoms. The summed E-state index contributed by atoms with van der Waals surface area (Å²) < 4.78 is 8.36. The summed E-state index contributed by atoms with van der Waals surface area (Å²) in [7, 11) is 2.02. The molecule has 0 saturated carbocycles. The Bertz CT molecular complexity index is 753. The monoisotopic (exact) mass is 344 g/mol. The highest BCUT2D eigenvalue weighted by Gasteiger charge is 2.41. The van der Waals surface area contributed by atoms with Gasteiger partial charge in [0.2, 0.25) is 0 Å². The van der Waals surface area contributed by atoms with Crippen molar-refractivity contribution >= 4 is 17.1 Å². The van der Waals surface area contributed by atoms with Gasteiger partial charge in [-0.1, -0.05) is 0 Å². The van der Waals surface area contributed by atoms with E-state index < -0.39 is 0 Å².